The number of rotatable bonds is 3. The zero-order valence-electron chi connectivity index (χ0n) is 14.7. The maximum absolute atomic E-state index is 12.3. The van der Waals surface area contributed by atoms with Gasteiger partial charge in [-0.2, -0.15) is 0 Å². The number of aliphatic hydroxyl groups excluding tert-OH is 1. The molecule has 0 spiro atoms. The van der Waals surface area contributed by atoms with Crippen LogP contribution in [0.4, 0.5) is 11.4 Å². The second-order valence-electron chi connectivity index (χ2n) is 6.84. The van der Waals surface area contributed by atoms with Crippen LogP contribution in [0, 0.1) is 0 Å². The molecule has 3 heterocycles. The van der Waals surface area contributed by atoms with Crippen LogP contribution in [0.5, 0.6) is 0 Å². The molecule has 1 N–H and O–H groups in total. The number of aromatic nitrogens is 1. The van der Waals surface area contributed by atoms with E-state index in [-0.39, 0.29) is 24.5 Å². The first-order chi connectivity index (χ1) is 12.6. The van der Waals surface area contributed by atoms with Gasteiger partial charge < -0.3 is 14.9 Å². The fourth-order valence-corrected chi connectivity index (χ4v) is 3.93. The molecule has 1 saturated heterocycles. The second-order valence-corrected chi connectivity index (χ2v) is 6.84. The molecule has 1 atom stereocenters. The van der Waals surface area contributed by atoms with E-state index < -0.39 is 0 Å². The lowest BCUT2D eigenvalue weighted by atomic mass is 9.94. The maximum Gasteiger partial charge on any atom is 0.227 e. The molecule has 134 valence electrons. The van der Waals surface area contributed by atoms with Crippen molar-refractivity contribution in [2.75, 3.05) is 23.5 Å². The number of fused-ring (bicyclic) bond motifs is 1. The number of anilines is 2. The summed E-state index contributed by atoms with van der Waals surface area (Å²) in [5.41, 5.74) is 4.53. The van der Waals surface area contributed by atoms with Crippen LogP contribution in [-0.2, 0) is 16.0 Å². The molecular formula is C20H21N3O3. The average molecular weight is 351 g/mol. The molecule has 6 nitrogen and oxygen atoms in total. The van der Waals surface area contributed by atoms with Crippen molar-refractivity contribution >= 4 is 23.2 Å². The summed E-state index contributed by atoms with van der Waals surface area (Å²) in [6.45, 7) is -0.0616. The number of carbonyl (C=O) groups excluding carboxylic acids is 2. The minimum absolute atomic E-state index is 0.00499. The minimum atomic E-state index is -0.200. The molecule has 2 aliphatic heterocycles. The molecule has 1 fully saturated rings. The second kappa shape index (κ2) is 6.53. The molecule has 0 aliphatic carbocycles. The molecule has 0 bridgehead atoms. The van der Waals surface area contributed by atoms with E-state index in [2.05, 4.69) is 4.98 Å². The van der Waals surface area contributed by atoms with E-state index in [1.54, 1.807) is 29.2 Å². The lowest BCUT2D eigenvalue weighted by molar-refractivity contribution is -0.118. The van der Waals surface area contributed by atoms with Crippen LogP contribution in [0.1, 0.15) is 24.8 Å². The SMILES string of the molecule is CN1C(=O)CCc2cccc(-c3cncc(N4C(=O)CC[C@H]4CO)c3)c21. The van der Waals surface area contributed by atoms with Gasteiger partial charge in [0.1, 0.15) is 0 Å². The van der Waals surface area contributed by atoms with Crippen molar-refractivity contribution in [2.45, 2.75) is 31.7 Å². The number of pyridine rings is 1. The predicted molar refractivity (Wildman–Crippen MR) is 99.0 cm³/mol. The molecule has 2 aliphatic rings. The number of carbonyl (C=O) groups is 2. The molecule has 1 aromatic carbocycles. The van der Waals surface area contributed by atoms with Crippen LogP contribution < -0.4 is 9.80 Å². The first-order valence-electron chi connectivity index (χ1n) is 8.87. The Morgan fingerprint density at radius 1 is 1.15 bits per heavy atom. The lowest BCUT2D eigenvalue weighted by Crippen LogP contribution is -2.35. The normalized spacial score (nSPS) is 19.8. The van der Waals surface area contributed by atoms with E-state index >= 15 is 0 Å². The van der Waals surface area contributed by atoms with E-state index in [0.29, 0.717) is 24.9 Å². The van der Waals surface area contributed by atoms with Crippen molar-refractivity contribution in [2.24, 2.45) is 0 Å². The van der Waals surface area contributed by atoms with Crippen LogP contribution in [0.25, 0.3) is 11.1 Å². The highest BCUT2D eigenvalue weighted by molar-refractivity contribution is 6.01. The summed E-state index contributed by atoms with van der Waals surface area (Å²) in [4.78, 5) is 32.1. The van der Waals surface area contributed by atoms with Crippen LogP contribution in [0.3, 0.4) is 0 Å². The van der Waals surface area contributed by atoms with Gasteiger partial charge in [0.25, 0.3) is 0 Å². The van der Waals surface area contributed by atoms with Gasteiger partial charge >= 0.3 is 0 Å². The fourth-order valence-electron chi connectivity index (χ4n) is 3.93. The number of aliphatic hydroxyl groups is 1. The van der Waals surface area contributed by atoms with Crippen molar-refractivity contribution in [3.8, 4) is 11.1 Å². The van der Waals surface area contributed by atoms with Gasteiger partial charge in [-0.05, 0) is 24.5 Å². The highest BCUT2D eigenvalue weighted by atomic mass is 16.3. The number of para-hydroxylation sites is 1. The predicted octanol–water partition coefficient (Wildman–Crippen LogP) is 2.15. The van der Waals surface area contributed by atoms with Crippen LogP contribution in [-0.4, -0.2) is 41.6 Å². The Kier molecular flexibility index (Phi) is 4.20. The summed E-state index contributed by atoms with van der Waals surface area (Å²) in [7, 11) is 1.80. The van der Waals surface area contributed by atoms with E-state index in [4.69, 9.17) is 0 Å². The van der Waals surface area contributed by atoms with Crippen molar-refractivity contribution in [3.05, 3.63) is 42.2 Å². The molecule has 26 heavy (non-hydrogen) atoms. The summed E-state index contributed by atoms with van der Waals surface area (Å²) in [6, 6.07) is 7.73. The Morgan fingerprint density at radius 3 is 2.81 bits per heavy atom. The third kappa shape index (κ3) is 2.66. The van der Waals surface area contributed by atoms with Crippen LogP contribution in [0.2, 0.25) is 0 Å². The van der Waals surface area contributed by atoms with Gasteiger partial charge in [0.2, 0.25) is 11.8 Å². The maximum atomic E-state index is 12.3. The van der Waals surface area contributed by atoms with Crippen LogP contribution >= 0.6 is 0 Å². The number of aryl methyl sites for hydroxylation is 1. The minimum Gasteiger partial charge on any atom is -0.394 e. The van der Waals surface area contributed by atoms with E-state index in [1.165, 1.54) is 0 Å². The summed E-state index contributed by atoms with van der Waals surface area (Å²) in [5, 5.41) is 9.57. The Labute approximate surface area is 152 Å². The topological polar surface area (TPSA) is 73.7 Å². The van der Waals surface area contributed by atoms with Gasteiger partial charge in [-0.25, -0.2) is 0 Å². The fraction of sp³-hybridized carbons (Fsp3) is 0.350. The van der Waals surface area contributed by atoms with E-state index in [9.17, 15) is 14.7 Å². The van der Waals surface area contributed by atoms with E-state index in [0.717, 1.165) is 28.8 Å². The number of nitrogens with zero attached hydrogens (tertiary/aromatic N) is 3. The van der Waals surface area contributed by atoms with Crippen molar-refractivity contribution in [1.29, 1.82) is 0 Å². The van der Waals surface area contributed by atoms with E-state index in [1.807, 2.05) is 24.3 Å². The van der Waals surface area contributed by atoms with Crippen molar-refractivity contribution in [3.63, 3.8) is 0 Å². The molecule has 2 amide bonds. The highest BCUT2D eigenvalue weighted by Gasteiger charge is 2.32. The Balaban J connectivity index is 1.79. The first-order valence-corrected chi connectivity index (χ1v) is 8.87. The quantitative estimate of drug-likeness (QED) is 0.919. The van der Waals surface area contributed by atoms with Crippen molar-refractivity contribution < 1.29 is 14.7 Å². The van der Waals surface area contributed by atoms with Gasteiger partial charge in [0.15, 0.2) is 0 Å². The van der Waals surface area contributed by atoms with Crippen LogP contribution in [0.15, 0.2) is 36.7 Å². The molecule has 2 aromatic rings. The summed E-state index contributed by atoms with van der Waals surface area (Å²) in [5.74, 6) is 0.106. The molecule has 6 heteroatoms. The molecule has 1 aromatic heterocycles. The average Bonchev–Trinajstić information content (AvgIpc) is 3.05. The molecule has 0 saturated carbocycles. The summed E-state index contributed by atoms with van der Waals surface area (Å²) in [6.07, 6.45) is 5.74. The van der Waals surface area contributed by atoms with Gasteiger partial charge in [0, 0.05) is 37.2 Å². The highest BCUT2D eigenvalue weighted by Crippen LogP contribution is 2.38. The van der Waals surface area contributed by atoms with Gasteiger partial charge in [-0.1, -0.05) is 18.2 Å². The molecule has 0 unspecified atom stereocenters. The smallest absolute Gasteiger partial charge is 0.227 e. The standard InChI is InChI=1S/C20H21N3O3/c1-22-18(25)7-5-13-3-2-4-17(20(13)22)14-9-16(11-21-10-14)23-15(12-24)6-8-19(23)26/h2-4,9-11,15,24H,5-8,12H2,1H3/t15-/m0/s1. The summed E-state index contributed by atoms with van der Waals surface area (Å²) >= 11 is 0. The summed E-state index contributed by atoms with van der Waals surface area (Å²) < 4.78 is 0. The molecule has 0 radical (unpaired) electrons. The number of hydrogen-bond donors (Lipinski definition) is 1. The Bertz CT molecular complexity index is 880. The molecular weight excluding hydrogens is 330 g/mol. The third-order valence-electron chi connectivity index (χ3n) is 5.29. The monoisotopic (exact) mass is 351 g/mol. The Hall–Kier alpha value is -2.73. The number of hydrogen-bond acceptors (Lipinski definition) is 4. The largest absolute Gasteiger partial charge is 0.394 e. The number of benzene rings is 1. The zero-order valence-corrected chi connectivity index (χ0v) is 14.7. The molecule has 4 rings (SSSR count). The van der Waals surface area contributed by atoms with Crippen molar-refractivity contribution in [1.82, 2.24) is 4.98 Å². The van der Waals surface area contributed by atoms with Gasteiger partial charge in [-0.3, -0.25) is 14.6 Å². The zero-order chi connectivity index (χ0) is 18.3. The lowest BCUT2D eigenvalue weighted by Gasteiger charge is -2.29. The van der Waals surface area contributed by atoms with Gasteiger partial charge in [0.05, 0.1) is 30.2 Å². The third-order valence-corrected chi connectivity index (χ3v) is 5.29. The number of amides is 2. The Morgan fingerprint density at radius 2 is 2.00 bits per heavy atom. The van der Waals surface area contributed by atoms with Gasteiger partial charge in [-0.15, -0.1) is 0 Å². The first kappa shape index (κ1) is 16.7.